The molecule has 0 unspecified atom stereocenters. The molecule has 3 aromatic rings. The number of carbonyl (C=O) groups is 1. The molecule has 2 aromatic heterocycles. The molecular weight excluding hydrogens is 340 g/mol. The molecule has 1 aliphatic heterocycles. The Bertz CT molecular complexity index is 950. The number of fused-ring (bicyclic) bond motifs is 1. The van der Waals surface area contributed by atoms with Gasteiger partial charge in [-0.3, -0.25) is 0 Å². The number of H-pyrrole nitrogens is 2. The molecular formula is C20H26N6O. The lowest BCUT2D eigenvalue weighted by molar-refractivity contribution is 0.177. The second kappa shape index (κ2) is 7.06. The lowest BCUT2D eigenvalue weighted by Gasteiger charge is -2.31. The van der Waals surface area contributed by atoms with E-state index in [2.05, 4.69) is 39.3 Å². The number of hydrogen-bond acceptors (Lipinski definition) is 3. The van der Waals surface area contributed by atoms with E-state index in [4.69, 9.17) is 4.98 Å². The monoisotopic (exact) mass is 366 g/mol. The summed E-state index contributed by atoms with van der Waals surface area (Å²) in [5.41, 5.74) is 4.32. The molecule has 3 heterocycles. The summed E-state index contributed by atoms with van der Waals surface area (Å²) in [6, 6.07) is 6.03. The molecule has 4 rings (SSSR count). The van der Waals surface area contributed by atoms with Gasteiger partial charge in [-0.05, 0) is 45.2 Å². The van der Waals surface area contributed by atoms with Gasteiger partial charge in [-0.1, -0.05) is 12.1 Å². The topological polar surface area (TPSA) is 89.7 Å². The number of amides is 2. The molecule has 1 saturated heterocycles. The molecule has 0 bridgehead atoms. The SMILES string of the molecule is Cc1cnc([C@@H](C)NC(=O)N2CCC(c3nc4c(C)cccc4[nH]3)CC2)[nH]1. The van der Waals surface area contributed by atoms with Gasteiger partial charge in [0.1, 0.15) is 11.6 Å². The second-order valence-corrected chi connectivity index (χ2v) is 7.48. The van der Waals surface area contributed by atoms with Crippen LogP contribution in [0.15, 0.2) is 24.4 Å². The Morgan fingerprint density at radius 2 is 2.04 bits per heavy atom. The predicted octanol–water partition coefficient (Wildman–Crippen LogP) is 3.55. The van der Waals surface area contributed by atoms with Crippen LogP contribution in [0.4, 0.5) is 4.79 Å². The number of nitrogens with zero attached hydrogens (tertiary/aromatic N) is 3. The molecule has 2 amide bonds. The summed E-state index contributed by atoms with van der Waals surface area (Å²) in [4.78, 5) is 30.2. The first kappa shape index (κ1) is 17.6. The fourth-order valence-corrected chi connectivity index (χ4v) is 3.74. The third-order valence-corrected chi connectivity index (χ3v) is 5.37. The maximum Gasteiger partial charge on any atom is 0.317 e. The zero-order chi connectivity index (χ0) is 19.0. The third-order valence-electron chi connectivity index (χ3n) is 5.37. The van der Waals surface area contributed by atoms with Crippen LogP contribution in [0.5, 0.6) is 0 Å². The van der Waals surface area contributed by atoms with Crippen LogP contribution in [-0.4, -0.2) is 44.0 Å². The van der Waals surface area contributed by atoms with Gasteiger partial charge in [-0.25, -0.2) is 14.8 Å². The number of piperidine rings is 1. The molecule has 0 radical (unpaired) electrons. The number of aromatic nitrogens is 4. The molecule has 1 fully saturated rings. The minimum atomic E-state index is -0.137. The van der Waals surface area contributed by atoms with E-state index in [1.807, 2.05) is 24.8 Å². The molecule has 27 heavy (non-hydrogen) atoms. The van der Waals surface area contributed by atoms with Crippen LogP contribution in [-0.2, 0) is 0 Å². The Kier molecular flexibility index (Phi) is 4.59. The Hall–Kier alpha value is -2.83. The number of urea groups is 1. The van der Waals surface area contributed by atoms with Crippen molar-refractivity contribution in [3.63, 3.8) is 0 Å². The fraction of sp³-hybridized carbons (Fsp3) is 0.450. The summed E-state index contributed by atoms with van der Waals surface area (Å²) in [5, 5.41) is 3.03. The largest absolute Gasteiger partial charge is 0.344 e. The van der Waals surface area contributed by atoms with Crippen molar-refractivity contribution in [3.8, 4) is 0 Å². The van der Waals surface area contributed by atoms with Crippen molar-refractivity contribution in [2.45, 2.75) is 45.6 Å². The number of carbonyl (C=O) groups excluding carboxylic acids is 1. The summed E-state index contributed by atoms with van der Waals surface area (Å²) < 4.78 is 0. The zero-order valence-corrected chi connectivity index (χ0v) is 16.0. The highest BCUT2D eigenvalue weighted by Gasteiger charge is 2.27. The smallest absolute Gasteiger partial charge is 0.317 e. The first-order valence-electron chi connectivity index (χ1n) is 9.53. The van der Waals surface area contributed by atoms with E-state index in [0.29, 0.717) is 5.92 Å². The highest BCUT2D eigenvalue weighted by atomic mass is 16.2. The Balaban J connectivity index is 1.36. The van der Waals surface area contributed by atoms with E-state index in [-0.39, 0.29) is 12.1 Å². The van der Waals surface area contributed by atoms with Crippen LogP contribution in [0.1, 0.15) is 54.6 Å². The highest BCUT2D eigenvalue weighted by Crippen LogP contribution is 2.28. The lowest BCUT2D eigenvalue weighted by Crippen LogP contribution is -2.45. The van der Waals surface area contributed by atoms with Crippen molar-refractivity contribution in [1.29, 1.82) is 0 Å². The number of nitrogens with one attached hydrogen (secondary N) is 3. The third kappa shape index (κ3) is 3.54. The van der Waals surface area contributed by atoms with Gasteiger partial charge in [0, 0.05) is 30.9 Å². The molecule has 1 aromatic carbocycles. The Morgan fingerprint density at radius 3 is 2.70 bits per heavy atom. The first-order chi connectivity index (χ1) is 13.0. The van der Waals surface area contributed by atoms with Crippen molar-refractivity contribution < 1.29 is 4.79 Å². The summed E-state index contributed by atoms with van der Waals surface area (Å²) in [5.74, 6) is 2.19. The van der Waals surface area contributed by atoms with Crippen molar-refractivity contribution in [2.75, 3.05) is 13.1 Å². The van der Waals surface area contributed by atoms with Crippen LogP contribution in [0.25, 0.3) is 11.0 Å². The number of hydrogen-bond donors (Lipinski definition) is 3. The van der Waals surface area contributed by atoms with Gasteiger partial charge in [0.05, 0.1) is 17.1 Å². The van der Waals surface area contributed by atoms with Gasteiger partial charge in [0.25, 0.3) is 0 Å². The zero-order valence-electron chi connectivity index (χ0n) is 16.0. The van der Waals surface area contributed by atoms with Gasteiger partial charge >= 0.3 is 6.03 Å². The normalized spacial score (nSPS) is 16.6. The van der Waals surface area contributed by atoms with Gasteiger partial charge in [-0.2, -0.15) is 0 Å². The van der Waals surface area contributed by atoms with Gasteiger partial charge < -0.3 is 20.2 Å². The standard InChI is InChI=1S/C20H26N6O/c1-12-5-4-6-16-17(12)25-19(24-16)15-7-9-26(10-8-15)20(27)23-14(3)18-21-11-13(2)22-18/h4-6,11,14-15H,7-10H2,1-3H3,(H,21,22)(H,23,27)(H,24,25)/t14-/m1/s1. The van der Waals surface area contributed by atoms with Gasteiger partial charge in [0.2, 0.25) is 0 Å². The molecule has 142 valence electrons. The maximum atomic E-state index is 12.6. The highest BCUT2D eigenvalue weighted by molar-refractivity contribution is 5.78. The molecule has 0 aliphatic carbocycles. The van der Waals surface area contributed by atoms with Crippen molar-refractivity contribution >= 4 is 17.1 Å². The number of aryl methyl sites for hydroxylation is 2. The lowest BCUT2D eigenvalue weighted by atomic mass is 9.96. The Morgan fingerprint density at radius 1 is 1.26 bits per heavy atom. The van der Waals surface area contributed by atoms with Crippen LogP contribution < -0.4 is 5.32 Å². The summed E-state index contributed by atoms with van der Waals surface area (Å²) in [6.07, 6.45) is 3.61. The quantitative estimate of drug-likeness (QED) is 0.662. The van der Waals surface area contributed by atoms with E-state index in [1.54, 1.807) is 6.20 Å². The van der Waals surface area contributed by atoms with Gasteiger partial charge in [0.15, 0.2) is 0 Å². The number of para-hydroxylation sites is 1. The molecule has 1 aliphatic rings. The minimum Gasteiger partial charge on any atom is -0.344 e. The fourth-order valence-electron chi connectivity index (χ4n) is 3.74. The molecule has 0 saturated carbocycles. The average Bonchev–Trinajstić information content (AvgIpc) is 3.29. The molecule has 0 spiro atoms. The average molecular weight is 366 g/mol. The van der Waals surface area contributed by atoms with Crippen LogP contribution in [0.3, 0.4) is 0 Å². The number of rotatable bonds is 3. The van der Waals surface area contributed by atoms with Gasteiger partial charge in [-0.15, -0.1) is 0 Å². The molecule has 1 atom stereocenters. The van der Waals surface area contributed by atoms with Crippen molar-refractivity contribution in [3.05, 3.63) is 47.3 Å². The number of likely N-dealkylation sites (tertiary alicyclic amines) is 1. The second-order valence-electron chi connectivity index (χ2n) is 7.48. The number of benzene rings is 1. The van der Waals surface area contributed by atoms with E-state index >= 15 is 0 Å². The van der Waals surface area contributed by atoms with Crippen LogP contribution in [0, 0.1) is 13.8 Å². The summed E-state index contributed by atoms with van der Waals surface area (Å²) >= 11 is 0. The number of aromatic amines is 2. The predicted molar refractivity (Wildman–Crippen MR) is 105 cm³/mol. The molecule has 7 heteroatoms. The van der Waals surface area contributed by atoms with Crippen molar-refractivity contribution in [2.24, 2.45) is 0 Å². The van der Waals surface area contributed by atoms with Crippen molar-refractivity contribution in [1.82, 2.24) is 30.2 Å². The van der Waals surface area contributed by atoms with Crippen LogP contribution >= 0.6 is 0 Å². The van der Waals surface area contributed by atoms with E-state index < -0.39 is 0 Å². The van der Waals surface area contributed by atoms with E-state index in [9.17, 15) is 4.79 Å². The first-order valence-corrected chi connectivity index (χ1v) is 9.53. The summed E-state index contributed by atoms with van der Waals surface area (Å²) in [6.45, 7) is 7.45. The maximum absolute atomic E-state index is 12.6. The minimum absolute atomic E-state index is 0.0320. The van der Waals surface area contributed by atoms with E-state index in [0.717, 1.165) is 54.3 Å². The summed E-state index contributed by atoms with van der Waals surface area (Å²) in [7, 11) is 0. The van der Waals surface area contributed by atoms with E-state index in [1.165, 1.54) is 5.56 Å². The Labute approximate surface area is 158 Å². The molecule has 3 N–H and O–H groups in total. The van der Waals surface area contributed by atoms with Crippen LogP contribution in [0.2, 0.25) is 0 Å². The number of imidazole rings is 2. The molecule has 7 nitrogen and oxygen atoms in total.